The molecule has 0 saturated heterocycles. The van der Waals surface area contributed by atoms with Crippen LogP contribution in [0.15, 0.2) is 73.1 Å². The summed E-state index contributed by atoms with van der Waals surface area (Å²) in [5, 5.41) is 13.8. The van der Waals surface area contributed by atoms with Crippen LogP contribution in [0.3, 0.4) is 0 Å². The number of fused-ring (bicyclic) bond motifs is 2. The van der Waals surface area contributed by atoms with Crippen molar-refractivity contribution in [3.8, 4) is 11.3 Å². The van der Waals surface area contributed by atoms with Crippen LogP contribution >= 0.6 is 0 Å². The van der Waals surface area contributed by atoms with Crippen LogP contribution in [0.25, 0.3) is 33.1 Å². The number of nitrogens with zero attached hydrogens (tertiary/aromatic N) is 5. The molecule has 0 fully saturated rings. The van der Waals surface area contributed by atoms with Gasteiger partial charge >= 0.3 is 0 Å². The summed E-state index contributed by atoms with van der Waals surface area (Å²) in [7, 11) is 1.78. The predicted molar refractivity (Wildman–Crippen MR) is 112 cm³/mol. The molecule has 5 aromatic rings. The van der Waals surface area contributed by atoms with Crippen molar-refractivity contribution >= 4 is 33.5 Å². The molecule has 3 aromatic heterocycles. The van der Waals surface area contributed by atoms with Gasteiger partial charge < -0.3 is 5.32 Å². The van der Waals surface area contributed by atoms with Gasteiger partial charge in [-0.15, -0.1) is 0 Å². The summed E-state index contributed by atoms with van der Waals surface area (Å²) in [4.78, 5) is 17.2. The molecule has 0 spiro atoms. The second kappa shape index (κ2) is 6.87. The van der Waals surface area contributed by atoms with Crippen molar-refractivity contribution in [2.24, 2.45) is 7.05 Å². The number of rotatable bonds is 4. The molecule has 7 nitrogen and oxygen atoms in total. The Balaban J connectivity index is 1.58. The fourth-order valence-electron chi connectivity index (χ4n) is 3.56. The molecule has 2 aromatic carbocycles. The van der Waals surface area contributed by atoms with Crippen LogP contribution in [0.5, 0.6) is 0 Å². The Kier molecular flexibility index (Phi) is 4.05. The van der Waals surface area contributed by atoms with Gasteiger partial charge in [0.25, 0.3) is 0 Å². The highest BCUT2D eigenvalue weighted by Gasteiger charge is 2.16. The summed E-state index contributed by atoms with van der Waals surface area (Å²) in [6, 6.07) is 19.7. The fourth-order valence-corrected chi connectivity index (χ4v) is 3.56. The van der Waals surface area contributed by atoms with Crippen molar-refractivity contribution in [3.63, 3.8) is 0 Å². The van der Waals surface area contributed by atoms with E-state index in [1.54, 1.807) is 34.9 Å². The lowest BCUT2D eigenvalue weighted by atomic mass is 10.0. The molecule has 7 heteroatoms. The van der Waals surface area contributed by atoms with E-state index < -0.39 is 0 Å². The molecule has 1 amide bonds. The largest absolute Gasteiger partial charge is 0.309 e. The van der Waals surface area contributed by atoms with Gasteiger partial charge in [-0.05, 0) is 12.1 Å². The Hall–Kier alpha value is -4.00. The molecule has 3 heterocycles. The van der Waals surface area contributed by atoms with E-state index in [0.717, 1.165) is 33.1 Å². The lowest BCUT2D eigenvalue weighted by molar-refractivity contribution is -0.116. The second-order valence-corrected chi connectivity index (χ2v) is 6.79. The van der Waals surface area contributed by atoms with Crippen LogP contribution in [0.4, 0.5) is 5.82 Å². The van der Waals surface area contributed by atoms with Crippen molar-refractivity contribution in [3.05, 3.63) is 73.1 Å². The number of benzene rings is 2. The average Bonchev–Trinajstić information content (AvgIpc) is 3.31. The van der Waals surface area contributed by atoms with Crippen molar-refractivity contribution in [2.45, 2.75) is 6.54 Å². The molecular formula is C22H18N6O. The number of aryl methyl sites for hydroxylation is 1. The number of aromatic nitrogens is 5. The molecule has 0 radical (unpaired) electrons. The van der Waals surface area contributed by atoms with Crippen LogP contribution in [0.2, 0.25) is 0 Å². The zero-order chi connectivity index (χ0) is 19.8. The summed E-state index contributed by atoms with van der Waals surface area (Å²) in [6.45, 7) is 0.101. The third-order valence-electron chi connectivity index (χ3n) is 4.93. The van der Waals surface area contributed by atoms with Crippen molar-refractivity contribution in [1.29, 1.82) is 0 Å². The van der Waals surface area contributed by atoms with Gasteiger partial charge in [-0.3, -0.25) is 19.1 Å². The Morgan fingerprint density at radius 3 is 2.72 bits per heavy atom. The van der Waals surface area contributed by atoms with E-state index in [4.69, 9.17) is 5.10 Å². The first kappa shape index (κ1) is 17.1. The number of pyridine rings is 1. The lowest BCUT2D eigenvalue weighted by Crippen LogP contribution is -2.21. The van der Waals surface area contributed by atoms with E-state index in [9.17, 15) is 4.79 Å². The van der Waals surface area contributed by atoms with Gasteiger partial charge in [-0.2, -0.15) is 10.2 Å². The number of hydrogen-bond acceptors (Lipinski definition) is 4. The normalized spacial score (nSPS) is 11.2. The maximum Gasteiger partial charge on any atom is 0.247 e. The van der Waals surface area contributed by atoms with Gasteiger partial charge in [0.1, 0.15) is 18.1 Å². The highest BCUT2D eigenvalue weighted by Crippen LogP contribution is 2.32. The van der Waals surface area contributed by atoms with Gasteiger partial charge in [0.15, 0.2) is 0 Å². The van der Waals surface area contributed by atoms with E-state index >= 15 is 0 Å². The summed E-state index contributed by atoms with van der Waals surface area (Å²) < 4.78 is 3.35. The highest BCUT2D eigenvalue weighted by molar-refractivity contribution is 6.02. The number of amides is 1. The van der Waals surface area contributed by atoms with E-state index in [2.05, 4.69) is 15.4 Å². The third kappa shape index (κ3) is 3.02. The summed E-state index contributed by atoms with van der Waals surface area (Å²) in [5.41, 5.74) is 3.56. The smallest absolute Gasteiger partial charge is 0.247 e. The van der Waals surface area contributed by atoms with Gasteiger partial charge in [0.2, 0.25) is 5.91 Å². The van der Waals surface area contributed by atoms with Crippen molar-refractivity contribution < 1.29 is 4.79 Å². The molecule has 29 heavy (non-hydrogen) atoms. The molecule has 0 atom stereocenters. The number of carbonyl (C=O) groups is 1. The van der Waals surface area contributed by atoms with Gasteiger partial charge in [-0.1, -0.05) is 42.5 Å². The third-order valence-corrected chi connectivity index (χ3v) is 4.93. The first-order valence-corrected chi connectivity index (χ1v) is 9.28. The molecule has 0 unspecified atom stereocenters. The number of nitrogens with one attached hydrogen (secondary N) is 1. The predicted octanol–water partition coefficient (Wildman–Crippen LogP) is 3.62. The molecule has 0 bridgehead atoms. The van der Waals surface area contributed by atoms with Crippen LogP contribution in [-0.4, -0.2) is 30.5 Å². The maximum absolute atomic E-state index is 12.6. The molecular weight excluding hydrogens is 364 g/mol. The van der Waals surface area contributed by atoms with Crippen molar-refractivity contribution in [1.82, 2.24) is 24.5 Å². The zero-order valence-electron chi connectivity index (χ0n) is 15.8. The highest BCUT2D eigenvalue weighted by atomic mass is 16.2. The molecule has 0 aliphatic heterocycles. The topological polar surface area (TPSA) is 77.6 Å². The lowest BCUT2D eigenvalue weighted by Gasteiger charge is -2.06. The van der Waals surface area contributed by atoms with Crippen LogP contribution in [0, 0.1) is 0 Å². The van der Waals surface area contributed by atoms with Crippen LogP contribution in [0.1, 0.15) is 0 Å². The minimum Gasteiger partial charge on any atom is -0.309 e. The Bertz CT molecular complexity index is 1340. The Morgan fingerprint density at radius 1 is 1.00 bits per heavy atom. The number of para-hydroxylation sites is 2. The zero-order valence-corrected chi connectivity index (χ0v) is 15.8. The number of anilines is 1. The molecule has 0 aliphatic carbocycles. The summed E-state index contributed by atoms with van der Waals surface area (Å²) in [5.74, 6) is 0.481. The molecule has 1 N–H and O–H groups in total. The Labute approximate surface area is 166 Å². The van der Waals surface area contributed by atoms with E-state index in [0.29, 0.717) is 5.82 Å². The molecule has 0 aliphatic rings. The molecule has 5 rings (SSSR count). The maximum atomic E-state index is 12.6. The standard InChI is InChI=1S/C22H18N6O/c1-27-19(11-13-24-27)25-20(29)14-28-18-10-3-2-8-16(18)22(26-28)17-9-4-6-15-7-5-12-23-21(15)17/h2-13H,14H2,1H3,(H,25,29). The SMILES string of the molecule is Cn1nccc1NC(=O)Cn1nc(-c2cccc3cccnc23)c2ccccc21. The monoisotopic (exact) mass is 382 g/mol. The number of hydrogen-bond donors (Lipinski definition) is 1. The minimum absolute atomic E-state index is 0.101. The first-order valence-electron chi connectivity index (χ1n) is 9.28. The minimum atomic E-state index is -0.163. The second-order valence-electron chi connectivity index (χ2n) is 6.79. The van der Waals surface area contributed by atoms with Crippen molar-refractivity contribution in [2.75, 3.05) is 5.32 Å². The van der Waals surface area contributed by atoms with Crippen LogP contribution in [-0.2, 0) is 18.4 Å². The van der Waals surface area contributed by atoms with E-state index in [1.165, 1.54) is 0 Å². The average molecular weight is 382 g/mol. The van der Waals surface area contributed by atoms with Gasteiger partial charge in [-0.25, -0.2) is 0 Å². The molecule has 0 saturated carbocycles. The summed E-state index contributed by atoms with van der Waals surface area (Å²) >= 11 is 0. The summed E-state index contributed by atoms with van der Waals surface area (Å²) in [6.07, 6.45) is 3.43. The van der Waals surface area contributed by atoms with E-state index in [1.807, 2.05) is 54.6 Å². The van der Waals surface area contributed by atoms with Crippen LogP contribution < -0.4 is 5.32 Å². The van der Waals surface area contributed by atoms with E-state index in [-0.39, 0.29) is 12.5 Å². The van der Waals surface area contributed by atoms with Gasteiger partial charge in [0, 0.05) is 35.6 Å². The first-order chi connectivity index (χ1) is 14.2. The molecule has 142 valence electrons. The number of carbonyl (C=O) groups excluding carboxylic acids is 1. The fraction of sp³-hybridized carbons (Fsp3) is 0.0909. The Morgan fingerprint density at radius 2 is 1.86 bits per heavy atom. The quantitative estimate of drug-likeness (QED) is 0.515. The van der Waals surface area contributed by atoms with Gasteiger partial charge in [0.05, 0.1) is 17.2 Å².